The lowest BCUT2D eigenvalue weighted by molar-refractivity contribution is -0.147. The molecule has 0 aromatic carbocycles. The molecule has 0 bridgehead atoms. The van der Waals surface area contributed by atoms with E-state index in [-0.39, 0.29) is 12.8 Å². The molecule has 0 fully saturated rings. The van der Waals surface area contributed by atoms with Crippen LogP contribution < -0.4 is 5.32 Å². The van der Waals surface area contributed by atoms with Gasteiger partial charge in [-0.1, -0.05) is 219 Å². The summed E-state index contributed by atoms with van der Waals surface area (Å²) in [5.74, 6) is -2.36. The van der Waals surface area contributed by atoms with Crippen LogP contribution in [0.5, 0.6) is 0 Å². The Hall–Kier alpha value is -1.78. The molecule has 0 aliphatic carbocycles. The highest BCUT2D eigenvalue weighted by molar-refractivity contribution is 7.47. The van der Waals surface area contributed by atoms with Crippen molar-refractivity contribution in [3.05, 3.63) is 12.2 Å². The summed E-state index contributed by atoms with van der Waals surface area (Å²) in [6.07, 6.45) is 48.1. The van der Waals surface area contributed by atoms with Crippen LogP contribution >= 0.6 is 7.82 Å². The zero-order valence-electron chi connectivity index (χ0n) is 39.9. The topological polar surface area (TPSA) is 169 Å². The fourth-order valence-electron chi connectivity index (χ4n) is 7.55. The molecule has 0 aliphatic rings. The van der Waals surface area contributed by atoms with Crippen molar-refractivity contribution in [2.75, 3.05) is 19.8 Å². The van der Waals surface area contributed by atoms with Crippen LogP contribution in [0.25, 0.3) is 0 Å². The first-order chi connectivity index (χ1) is 30.1. The van der Waals surface area contributed by atoms with E-state index in [1.165, 1.54) is 161 Å². The maximum Gasteiger partial charge on any atom is 0.472 e. The normalized spacial score (nSPS) is 13.6. The summed E-state index contributed by atoms with van der Waals surface area (Å²) in [4.78, 5) is 46.1. The Labute approximate surface area is 379 Å². The van der Waals surface area contributed by atoms with Gasteiger partial charge in [0.2, 0.25) is 5.91 Å². The Kier molecular flexibility index (Phi) is 44.5. The number of carbonyl (C=O) groups excluding carboxylic acids is 2. The van der Waals surface area contributed by atoms with Crippen molar-refractivity contribution in [3.8, 4) is 0 Å². The molecule has 0 heterocycles. The number of phosphoric ester groups is 1. The van der Waals surface area contributed by atoms with Crippen LogP contribution in [0.4, 0.5) is 0 Å². The zero-order chi connectivity index (χ0) is 45.6. The minimum absolute atomic E-state index is 0.151. The second-order valence-corrected chi connectivity index (χ2v) is 19.2. The van der Waals surface area contributed by atoms with Gasteiger partial charge in [-0.3, -0.25) is 18.6 Å². The lowest BCUT2D eigenvalue weighted by Gasteiger charge is -2.18. The number of amides is 1. The maximum absolute atomic E-state index is 12.4. The number of hydrogen-bond acceptors (Lipinski definition) is 8. The number of rotatable bonds is 49. The molecule has 0 rings (SSSR count). The van der Waals surface area contributed by atoms with Gasteiger partial charge >= 0.3 is 19.8 Å². The minimum Gasteiger partial charge on any atom is -0.480 e. The number of aliphatic carboxylic acids is 1. The molecule has 0 aliphatic heterocycles. The number of phosphoric acid groups is 1. The summed E-state index contributed by atoms with van der Waals surface area (Å²) < 4.78 is 26.9. The van der Waals surface area contributed by atoms with Crippen molar-refractivity contribution >= 4 is 25.7 Å². The molecule has 62 heavy (non-hydrogen) atoms. The van der Waals surface area contributed by atoms with Gasteiger partial charge in [0, 0.05) is 12.8 Å². The van der Waals surface area contributed by atoms with Crippen LogP contribution in [-0.4, -0.2) is 64.9 Å². The fourth-order valence-corrected chi connectivity index (χ4v) is 8.32. The second kappa shape index (κ2) is 45.8. The van der Waals surface area contributed by atoms with E-state index in [1.54, 1.807) is 0 Å². The maximum atomic E-state index is 12.4. The Morgan fingerprint density at radius 3 is 1.23 bits per heavy atom. The minimum atomic E-state index is -4.76. The van der Waals surface area contributed by atoms with Gasteiger partial charge in [0.15, 0.2) is 6.04 Å². The quantitative estimate of drug-likeness (QED) is 0.0200. The molecule has 3 unspecified atom stereocenters. The van der Waals surface area contributed by atoms with Crippen LogP contribution in [0.1, 0.15) is 258 Å². The van der Waals surface area contributed by atoms with Crippen molar-refractivity contribution in [2.45, 2.75) is 270 Å². The number of nitrogens with one attached hydrogen (secondary N) is 1. The van der Waals surface area contributed by atoms with E-state index in [2.05, 4.69) is 31.3 Å². The largest absolute Gasteiger partial charge is 0.480 e. The Morgan fingerprint density at radius 1 is 0.500 bits per heavy atom. The number of carboxylic acids is 1. The fraction of sp³-hybridized carbons (Fsp3) is 0.900. The smallest absolute Gasteiger partial charge is 0.472 e. The van der Waals surface area contributed by atoms with E-state index in [4.69, 9.17) is 13.8 Å². The molecule has 11 nitrogen and oxygen atoms in total. The molecule has 0 saturated carbocycles. The summed E-state index contributed by atoms with van der Waals surface area (Å²) in [7, 11) is -4.76. The van der Waals surface area contributed by atoms with Gasteiger partial charge < -0.3 is 25.2 Å². The first-order valence-electron chi connectivity index (χ1n) is 25.7. The average Bonchev–Trinajstić information content (AvgIpc) is 3.25. The van der Waals surface area contributed by atoms with E-state index in [1.807, 2.05) is 0 Å². The van der Waals surface area contributed by atoms with Gasteiger partial charge in [-0.15, -0.1) is 0 Å². The number of hydrogen-bond donors (Lipinski definition) is 4. The Bertz CT molecular complexity index is 1110. The Morgan fingerprint density at radius 2 is 0.839 bits per heavy atom. The molecular formula is C50H96NO10P. The molecule has 366 valence electrons. The van der Waals surface area contributed by atoms with Crippen molar-refractivity contribution in [3.63, 3.8) is 0 Å². The predicted molar refractivity (Wildman–Crippen MR) is 254 cm³/mol. The van der Waals surface area contributed by atoms with Crippen molar-refractivity contribution in [2.24, 2.45) is 0 Å². The molecule has 0 aromatic heterocycles. The first-order valence-corrected chi connectivity index (χ1v) is 27.2. The van der Waals surface area contributed by atoms with Crippen molar-refractivity contribution < 1.29 is 47.8 Å². The van der Waals surface area contributed by atoms with Crippen LogP contribution in [-0.2, 0) is 32.7 Å². The summed E-state index contributed by atoms with van der Waals surface area (Å²) in [6, 6.07) is -1.54. The van der Waals surface area contributed by atoms with E-state index in [0.29, 0.717) is 12.8 Å². The highest BCUT2D eigenvalue weighted by atomic mass is 31.2. The molecule has 1 amide bonds. The number of carbonyl (C=O) groups is 3. The van der Waals surface area contributed by atoms with E-state index in [9.17, 15) is 34.1 Å². The summed E-state index contributed by atoms with van der Waals surface area (Å²) >= 11 is 0. The molecule has 3 atom stereocenters. The third-order valence-corrected chi connectivity index (χ3v) is 12.5. The lowest BCUT2D eigenvalue weighted by atomic mass is 10.0. The Balaban J connectivity index is 3.79. The van der Waals surface area contributed by atoms with E-state index < -0.39 is 57.6 Å². The summed E-state index contributed by atoms with van der Waals surface area (Å²) in [5.41, 5.74) is 0. The number of carboxylic acid groups (broad SMARTS) is 1. The molecule has 0 radical (unpaired) electrons. The molecule has 0 spiro atoms. The van der Waals surface area contributed by atoms with Gasteiger partial charge in [-0.25, -0.2) is 9.36 Å². The van der Waals surface area contributed by atoms with Gasteiger partial charge in [0.25, 0.3) is 0 Å². The third kappa shape index (κ3) is 44.8. The molecule has 12 heteroatoms. The van der Waals surface area contributed by atoms with Gasteiger partial charge in [0.1, 0.15) is 12.7 Å². The molecule has 0 aromatic rings. The lowest BCUT2D eigenvalue weighted by Crippen LogP contribution is -2.43. The number of esters is 1. The van der Waals surface area contributed by atoms with E-state index >= 15 is 0 Å². The molecule has 4 N–H and O–H groups in total. The van der Waals surface area contributed by atoms with Gasteiger partial charge in [0.05, 0.1) is 13.2 Å². The number of aliphatic hydroxyl groups excluding tert-OH is 1. The monoisotopic (exact) mass is 902 g/mol. The highest BCUT2D eigenvalue weighted by Crippen LogP contribution is 2.43. The molecular weight excluding hydrogens is 806 g/mol. The van der Waals surface area contributed by atoms with Gasteiger partial charge in [-0.2, -0.15) is 0 Å². The van der Waals surface area contributed by atoms with Crippen LogP contribution in [0.3, 0.4) is 0 Å². The SMILES string of the molecule is CCCCCCCC/C=C\CCCCCCCC(=O)OCC(O)COP(=O)(O)OCC(NC(=O)CCCCCCCCCCCCCCCCCCCCCCCCC)C(=O)O. The van der Waals surface area contributed by atoms with Crippen molar-refractivity contribution in [1.82, 2.24) is 5.32 Å². The van der Waals surface area contributed by atoms with Crippen LogP contribution in [0.2, 0.25) is 0 Å². The average molecular weight is 902 g/mol. The highest BCUT2D eigenvalue weighted by Gasteiger charge is 2.28. The zero-order valence-corrected chi connectivity index (χ0v) is 40.8. The molecule has 0 saturated heterocycles. The standard InChI is InChI=1S/C50H96NO10P/c1-3-5-7-9-11-13-15-17-19-20-21-22-23-24-25-26-28-29-31-33-35-37-39-41-48(53)51-47(50(55)56)45-61-62(57,58)60-44-46(52)43-59-49(54)42-40-38-36-34-32-30-27-18-16-14-12-10-8-6-4-2/h18,27,46-47,52H,3-17,19-26,28-45H2,1-2H3,(H,51,53)(H,55,56)(H,57,58)/b27-18-. The van der Waals surface area contributed by atoms with Gasteiger partial charge in [-0.05, 0) is 38.5 Å². The van der Waals surface area contributed by atoms with Crippen LogP contribution in [0, 0.1) is 0 Å². The second-order valence-electron chi connectivity index (χ2n) is 17.7. The number of allylic oxidation sites excluding steroid dienone is 2. The summed E-state index contributed by atoms with van der Waals surface area (Å²) in [5, 5.41) is 21.9. The number of aliphatic hydroxyl groups is 1. The number of ether oxygens (including phenoxy) is 1. The third-order valence-electron chi connectivity index (χ3n) is 11.6. The van der Waals surface area contributed by atoms with Crippen molar-refractivity contribution in [1.29, 1.82) is 0 Å². The first kappa shape index (κ1) is 60.2. The van der Waals surface area contributed by atoms with Crippen LogP contribution in [0.15, 0.2) is 12.2 Å². The van der Waals surface area contributed by atoms with E-state index in [0.717, 1.165) is 57.8 Å². The predicted octanol–water partition coefficient (Wildman–Crippen LogP) is 14.0. The number of unbranched alkanes of at least 4 members (excludes halogenated alkanes) is 33. The summed E-state index contributed by atoms with van der Waals surface area (Å²) in [6.45, 7) is 2.63.